The minimum atomic E-state index is -0.628. The standard InChI is InChI=1S/C16H17BrN2O3/c1-3-4-8-22-15(20)13-10(2)18-16(21)19-14(13)11-6-5-7-12(17)9-11/h3-7,9,13-14H,8H2,1-2H3,(H,19,21). The number of nitrogens with zero attached hydrogens (tertiary/aromatic N) is 1. The highest BCUT2D eigenvalue weighted by atomic mass is 79.9. The molecule has 5 nitrogen and oxygen atoms in total. The smallest absolute Gasteiger partial charge is 0.341 e. The van der Waals surface area contributed by atoms with Crippen molar-refractivity contribution in [2.45, 2.75) is 19.9 Å². The number of hydrogen-bond acceptors (Lipinski definition) is 3. The van der Waals surface area contributed by atoms with Crippen molar-refractivity contribution in [1.29, 1.82) is 0 Å². The number of urea groups is 1. The molecule has 0 fully saturated rings. The Bertz CT molecular complexity index is 640. The molecule has 0 aliphatic carbocycles. The number of esters is 1. The maximum Gasteiger partial charge on any atom is 0.341 e. The minimum absolute atomic E-state index is 0.207. The first-order valence-electron chi connectivity index (χ1n) is 6.92. The van der Waals surface area contributed by atoms with Crippen molar-refractivity contribution in [3.63, 3.8) is 0 Å². The number of allylic oxidation sites excluding steroid dienone is 1. The number of rotatable bonds is 4. The third kappa shape index (κ3) is 3.82. The molecular formula is C16H17BrN2O3. The van der Waals surface area contributed by atoms with Crippen LogP contribution in [0.25, 0.3) is 0 Å². The molecule has 22 heavy (non-hydrogen) atoms. The van der Waals surface area contributed by atoms with E-state index in [2.05, 4.69) is 26.2 Å². The molecule has 1 aromatic rings. The Morgan fingerprint density at radius 3 is 2.95 bits per heavy atom. The first-order chi connectivity index (χ1) is 10.5. The number of nitrogens with one attached hydrogen (secondary N) is 1. The molecule has 6 heteroatoms. The van der Waals surface area contributed by atoms with Gasteiger partial charge in [-0.3, -0.25) is 4.79 Å². The summed E-state index contributed by atoms with van der Waals surface area (Å²) in [6.07, 6.45) is 3.56. The Morgan fingerprint density at radius 1 is 1.50 bits per heavy atom. The van der Waals surface area contributed by atoms with E-state index in [1.54, 1.807) is 13.0 Å². The lowest BCUT2D eigenvalue weighted by atomic mass is 9.88. The van der Waals surface area contributed by atoms with Gasteiger partial charge in [-0.2, -0.15) is 0 Å². The van der Waals surface area contributed by atoms with Crippen LogP contribution in [0.4, 0.5) is 4.79 Å². The number of aliphatic imine (C=N–C) groups is 1. The topological polar surface area (TPSA) is 67.8 Å². The fourth-order valence-electron chi connectivity index (χ4n) is 2.32. The summed E-state index contributed by atoms with van der Waals surface area (Å²) in [5, 5.41) is 2.75. The summed E-state index contributed by atoms with van der Waals surface area (Å²) in [6, 6.07) is 6.54. The number of carbonyl (C=O) groups is 2. The van der Waals surface area contributed by atoms with Crippen molar-refractivity contribution in [3.8, 4) is 0 Å². The van der Waals surface area contributed by atoms with E-state index in [0.29, 0.717) is 5.71 Å². The Kier molecular flexibility index (Phi) is 5.49. The number of amides is 2. The maximum atomic E-state index is 12.4. The first-order valence-corrected chi connectivity index (χ1v) is 7.71. The number of carbonyl (C=O) groups excluding carboxylic acids is 2. The van der Waals surface area contributed by atoms with Gasteiger partial charge in [-0.25, -0.2) is 9.79 Å². The Balaban J connectivity index is 2.30. The molecule has 1 N–H and O–H groups in total. The summed E-state index contributed by atoms with van der Waals surface area (Å²) in [7, 11) is 0. The fourth-order valence-corrected chi connectivity index (χ4v) is 2.74. The molecule has 2 rings (SSSR count). The van der Waals surface area contributed by atoms with E-state index in [9.17, 15) is 9.59 Å². The molecule has 2 amide bonds. The third-order valence-corrected chi connectivity index (χ3v) is 3.85. The predicted molar refractivity (Wildman–Crippen MR) is 87.8 cm³/mol. The second-order valence-electron chi connectivity index (χ2n) is 4.91. The molecule has 1 aromatic carbocycles. The normalized spacial score (nSPS) is 21.4. The van der Waals surface area contributed by atoms with Gasteiger partial charge in [-0.1, -0.05) is 40.2 Å². The second-order valence-corrected chi connectivity index (χ2v) is 5.83. The highest BCUT2D eigenvalue weighted by Crippen LogP contribution is 2.29. The van der Waals surface area contributed by atoms with Gasteiger partial charge in [0.1, 0.15) is 12.5 Å². The summed E-state index contributed by atoms with van der Waals surface area (Å²) in [5.74, 6) is -1.03. The molecule has 2 atom stereocenters. The van der Waals surface area contributed by atoms with Crippen LogP contribution >= 0.6 is 15.9 Å². The van der Waals surface area contributed by atoms with E-state index < -0.39 is 24.0 Å². The van der Waals surface area contributed by atoms with Gasteiger partial charge in [0.25, 0.3) is 0 Å². The summed E-state index contributed by atoms with van der Waals surface area (Å²) in [5.41, 5.74) is 1.28. The van der Waals surface area contributed by atoms with Crippen molar-refractivity contribution in [1.82, 2.24) is 5.32 Å². The summed E-state index contributed by atoms with van der Waals surface area (Å²) in [4.78, 5) is 27.9. The first kappa shape index (κ1) is 16.4. The summed E-state index contributed by atoms with van der Waals surface area (Å²) >= 11 is 3.40. The molecule has 1 aliphatic heterocycles. The van der Waals surface area contributed by atoms with Crippen molar-refractivity contribution in [3.05, 3.63) is 46.5 Å². The van der Waals surface area contributed by atoms with Crippen LogP contribution in [0.5, 0.6) is 0 Å². The van der Waals surface area contributed by atoms with Crippen LogP contribution in [0, 0.1) is 5.92 Å². The Labute approximate surface area is 137 Å². The van der Waals surface area contributed by atoms with E-state index in [1.165, 1.54) is 0 Å². The highest BCUT2D eigenvalue weighted by Gasteiger charge is 2.37. The lowest BCUT2D eigenvalue weighted by molar-refractivity contribution is -0.145. The largest absolute Gasteiger partial charge is 0.461 e. The summed E-state index contributed by atoms with van der Waals surface area (Å²) in [6.45, 7) is 3.73. The van der Waals surface area contributed by atoms with Crippen LogP contribution in [-0.4, -0.2) is 24.3 Å². The molecule has 0 saturated carbocycles. The molecule has 0 bridgehead atoms. The molecule has 0 radical (unpaired) electrons. The van der Waals surface area contributed by atoms with Crippen LogP contribution in [0.1, 0.15) is 25.5 Å². The lowest BCUT2D eigenvalue weighted by Gasteiger charge is -2.29. The molecule has 0 saturated heterocycles. The molecule has 1 aliphatic rings. The number of hydrogen-bond donors (Lipinski definition) is 1. The monoisotopic (exact) mass is 364 g/mol. The van der Waals surface area contributed by atoms with E-state index >= 15 is 0 Å². The predicted octanol–water partition coefficient (Wildman–Crippen LogP) is 3.41. The van der Waals surface area contributed by atoms with Crippen molar-refractivity contribution >= 4 is 33.6 Å². The Hall–Kier alpha value is -1.95. The summed E-state index contributed by atoms with van der Waals surface area (Å²) < 4.78 is 6.12. The van der Waals surface area contributed by atoms with Gasteiger partial charge >= 0.3 is 12.0 Å². The zero-order valence-corrected chi connectivity index (χ0v) is 14.0. The number of ether oxygens (including phenoxy) is 1. The third-order valence-electron chi connectivity index (χ3n) is 3.36. The number of halogens is 1. The maximum absolute atomic E-state index is 12.4. The van der Waals surface area contributed by atoms with Gasteiger partial charge in [0.2, 0.25) is 0 Å². The second kappa shape index (κ2) is 7.35. The SMILES string of the molecule is CC=CCOC(=O)C1C(C)=NC(=O)NC1c1cccc(Br)c1. The molecule has 1 heterocycles. The lowest BCUT2D eigenvalue weighted by Crippen LogP contribution is -2.44. The van der Waals surface area contributed by atoms with Crippen LogP contribution in [0.3, 0.4) is 0 Å². The van der Waals surface area contributed by atoms with Crippen LogP contribution in [0.2, 0.25) is 0 Å². The molecule has 0 aromatic heterocycles. The van der Waals surface area contributed by atoms with E-state index in [4.69, 9.17) is 4.74 Å². The minimum Gasteiger partial charge on any atom is -0.461 e. The van der Waals surface area contributed by atoms with Gasteiger partial charge in [-0.05, 0) is 31.5 Å². The zero-order valence-electron chi connectivity index (χ0n) is 12.4. The zero-order chi connectivity index (χ0) is 16.1. The fraction of sp³-hybridized carbons (Fsp3) is 0.312. The average Bonchev–Trinajstić information content (AvgIpc) is 2.46. The van der Waals surface area contributed by atoms with Crippen molar-refractivity contribution < 1.29 is 14.3 Å². The molecule has 0 spiro atoms. The van der Waals surface area contributed by atoms with Crippen molar-refractivity contribution in [2.24, 2.45) is 10.9 Å². The quantitative estimate of drug-likeness (QED) is 0.657. The number of benzene rings is 1. The Morgan fingerprint density at radius 2 is 2.27 bits per heavy atom. The van der Waals surface area contributed by atoms with Gasteiger partial charge in [0, 0.05) is 10.2 Å². The van der Waals surface area contributed by atoms with Gasteiger partial charge < -0.3 is 10.1 Å². The highest BCUT2D eigenvalue weighted by molar-refractivity contribution is 9.10. The molecular weight excluding hydrogens is 348 g/mol. The molecule has 116 valence electrons. The van der Waals surface area contributed by atoms with Crippen LogP contribution in [-0.2, 0) is 9.53 Å². The molecule has 2 unspecified atom stereocenters. The van der Waals surface area contributed by atoms with Gasteiger partial charge in [0.05, 0.1) is 6.04 Å². The van der Waals surface area contributed by atoms with Gasteiger partial charge in [0.15, 0.2) is 0 Å². The van der Waals surface area contributed by atoms with Gasteiger partial charge in [-0.15, -0.1) is 0 Å². The van der Waals surface area contributed by atoms with E-state index in [-0.39, 0.29) is 6.61 Å². The van der Waals surface area contributed by atoms with Crippen molar-refractivity contribution in [2.75, 3.05) is 6.61 Å². The van der Waals surface area contributed by atoms with E-state index in [0.717, 1.165) is 10.0 Å². The average molecular weight is 365 g/mol. The van der Waals surface area contributed by atoms with E-state index in [1.807, 2.05) is 37.3 Å². The van der Waals surface area contributed by atoms with Crippen LogP contribution in [0.15, 0.2) is 45.9 Å². The van der Waals surface area contributed by atoms with Crippen LogP contribution < -0.4 is 5.32 Å².